The minimum Gasteiger partial charge on any atom is -0.325 e. The molecule has 1 heterocycles. The molecule has 2 N–H and O–H groups in total. The average Bonchev–Trinajstić information content (AvgIpc) is 2.93. The molecule has 0 unspecified atom stereocenters. The molecular weight excluding hydrogens is 430 g/mol. The van der Waals surface area contributed by atoms with Crippen molar-refractivity contribution in [1.29, 1.82) is 0 Å². The molecule has 1 aliphatic heterocycles. The number of anilines is 2. The van der Waals surface area contributed by atoms with Crippen LogP contribution in [0.1, 0.15) is 25.7 Å². The summed E-state index contributed by atoms with van der Waals surface area (Å²) in [6.07, 6.45) is 4.35. The number of rotatable bonds is 4. The quantitative estimate of drug-likeness (QED) is 0.709. The Morgan fingerprint density at radius 2 is 1.56 bits per heavy atom. The highest BCUT2D eigenvalue weighted by atomic mass is 79.9. The van der Waals surface area contributed by atoms with Crippen molar-refractivity contribution >= 4 is 43.4 Å². The van der Waals surface area contributed by atoms with Gasteiger partial charge < -0.3 is 10.2 Å². The van der Waals surface area contributed by atoms with Crippen molar-refractivity contribution in [3.8, 4) is 0 Å². The first-order chi connectivity index (χ1) is 13.0. The Morgan fingerprint density at radius 3 is 2.19 bits per heavy atom. The van der Waals surface area contributed by atoms with E-state index in [1.165, 1.54) is 12.1 Å². The summed E-state index contributed by atoms with van der Waals surface area (Å²) in [5.41, 5.74) is 1.04. The lowest BCUT2D eigenvalue weighted by Crippen LogP contribution is -2.35. The van der Waals surface area contributed by atoms with Crippen molar-refractivity contribution in [3.05, 3.63) is 53.0 Å². The van der Waals surface area contributed by atoms with Gasteiger partial charge in [-0.2, -0.15) is 0 Å². The fourth-order valence-electron chi connectivity index (χ4n) is 2.94. The molecule has 27 heavy (non-hydrogen) atoms. The lowest BCUT2D eigenvalue weighted by molar-refractivity contribution is 0.214. The van der Waals surface area contributed by atoms with Crippen molar-refractivity contribution in [2.24, 2.45) is 0 Å². The van der Waals surface area contributed by atoms with Crippen molar-refractivity contribution in [1.82, 2.24) is 4.90 Å². The molecule has 144 valence electrons. The summed E-state index contributed by atoms with van der Waals surface area (Å²) in [6, 6.07) is 13.0. The van der Waals surface area contributed by atoms with E-state index in [1.54, 1.807) is 30.3 Å². The molecule has 0 atom stereocenters. The number of carbonyl (C=O) groups is 1. The fraction of sp³-hybridized carbons (Fsp3) is 0.316. The van der Waals surface area contributed by atoms with Crippen LogP contribution in [-0.2, 0) is 10.0 Å². The summed E-state index contributed by atoms with van der Waals surface area (Å²) in [4.78, 5) is 14.3. The molecule has 0 bridgehead atoms. The zero-order valence-electron chi connectivity index (χ0n) is 14.8. The number of hydrogen-bond acceptors (Lipinski definition) is 3. The highest BCUT2D eigenvalue weighted by Gasteiger charge is 2.17. The van der Waals surface area contributed by atoms with Crippen LogP contribution in [0.25, 0.3) is 0 Å². The number of nitrogens with zero attached hydrogens (tertiary/aromatic N) is 1. The monoisotopic (exact) mass is 451 g/mol. The summed E-state index contributed by atoms with van der Waals surface area (Å²) < 4.78 is 28.3. The Labute approximate surface area is 168 Å². The number of carbonyl (C=O) groups excluding carboxylic acids is 1. The van der Waals surface area contributed by atoms with Crippen LogP contribution >= 0.6 is 15.9 Å². The molecule has 8 heteroatoms. The van der Waals surface area contributed by atoms with Crippen LogP contribution in [0.3, 0.4) is 0 Å². The molecule has 0 aliphatic carbocycles. The van der Waals surface area contributed by atoms with Gasteiger partial charge in [0.2, 0.25) is 0 Å². The maximum atomic E-state index is 12.5. The molecule has 1 aliphatic rings. The Balaban J connectivity index is 1.67. The summed E-state index contributed by atoms with van der Waals surface area (Å²) in [7, 11) is -3.71. The van der Waals surface area contributed by atoms with Crippen molar-refractivity contribution in [2.45, 2.75) is 30.6 Å². The van der Waals surface area contributed by atoms with Gasteiger partial charge in [-0.1, -0.05) is 25.0 Å². The summed E-state index contributed by atoms with van der Waals surface area (Å²) in [5, 5.41) is 2.84. The van der Waals surface area contributed by atoms with Gasteiger partial charge in [-0.3, -0.25) is 4.72 Å². The third kappa shape index (κ3) is 5.23. The van der Waals surface area contributed by atoms with Gasteiger partial charge in [0.1, 0.15) is 0 Å². The number of halogens is 1. The minimum absolute atomic E-state index is 0.131. The van der Waals surface area contributed by atoms with E-state index < -0.39 is 10.0 Å². The van der Waals surface area contributed by atoms with Crippen molar-refractivity contribution < 1.29 is 13.2 Å². The Bertz CT molecular complexity index is 893. The third-order valence-electron chi connectivity index (χ3n) is 4.43. The van der Waals surface area contributed by atoms with Gasteiger partial charge in [0, 0.05) is 23.2 Å². The van der Waals surface area contributed by atoms with E-state index >= 15 is 0 Å². The predicted octanol–water partition coefficient (Wildman–Crippen LogP) is 4.66. The summed E-state index contributed by atoms with van der Waals surface area (Å²) in [5.74, 6) is 0. The zero-order valence-corrected chi connectivity index (χ0v) is 17.2. The van der Waals surface area contributed by atoms with Crippen molar-refractivity contribution in [2.75, 3.05) is 23.1 Å². The number of benzene rings is 2. The van der Waals surface area contributed by atoms with Crippen molar-refractivity contribution in [3.63, 3.8) is 0 Å². The predicted molar refractivity (Wildman–Crippen MR) is 110 cm³/mol. The van der Waals surface area contributed by atoms with E-state index in [9.17, 15) is 13.2 Å². The highest BCUT2D eigenvalue weighted by Crippen LogP contribution is 2.25. The number of urea groups is 1. The van der Waals surface area contributed by atoms with E-state index in [-0.39, 0.29) is 10.9 Å². The summed E-state index contributed by atoms with van der Waals surface area (Å²) in [6.45, 7) is 1.52. The number of nitrogens with one attached hydrogen (secondary N) is 2. The molecule has 0 radical (unpaired) electrons. The zero-order chi connectivity index (χ0) is 19.3. The third-order valence-corrected chi connectivity index (χ3v) is 6.50. The van der Waals surface area contributed by atoms with E-state index in [2.05, 4.69) is 26.0 Å². The first-order valence-electron chi connectivity index (χ1n) is 8.89. The second-order valence-corrected chi connectivity index (χ2v) is 8.98. The normalized spacial score (nSPS) is 15.1. The van der Waals surface area contributed by atoms with E-state index in [1.807, 2.05) is 11.0 Å². The molecule has 0 spiro atoms. The van der Waals surface area contributed by atoms with Crippen LogP contribution in [0, 0.1) is 0 Å². The van der Waals surface area contributed by atoms with Gasteiger partial charge in [0.15, 0.2) is 0 Å². The maximum Gasteiger partial charge on any atom is 0.321 e. The van der Waals surface area contributed by atoms with E-state index in [4.69, 9.17) is 0 Å². The van der Waals surface area contributed by atoms with Crippen LogP contribution in [0.15, 0.2) is 57.9 Å². The van der Waals surface area contributed by atoms with Gasteiger partial charge in [-0.05, 0) is 65.2 Å². The van der Waals surface area contributed by atoms with Crippen LogP contribution in [0.2, 0.25) is 0 Å². The maximum absolute atomic E-state index is 12.5. The minimum atomic E-state index is -3.71. The first-order valence-corrected chi connectivity index (χ1v) is 11.2. The van der Waals surface area contributed by atoms with Gasteiger partial charge in [-0.25, -0.2) is 13.2 Å². The smallest absolute Gasteiger partial charge is 0.321 e. The number of likely N-dealkylation sites (tertiary alicyclic amines) is 1. The molecule has 2 aromatic carbocycles. The van der Waals surface area contributed by atoms with E-state index in [0.717, 1.165) is 38.8 Å². The van der Waals surface area contributed by atoms with Gasteiger partial charge >= 0.3 is 6.03 Å². The van der Waals surface area contributed by atoms with Crippen LogP contribution in [-0.4, -0.2) is 32.4 Å². The molecule has 1 fully saturated rings. The van der Waals surface area contributed by atoms with Crippen LogP contribution in [0.4, 0.5) is 16.2 Å². The number of amides is 2. The molecule has 0 saturated carbocycles. The lowest BCUT2D eigenvalue weighted by atomic mass is 10.2. The standard InChI is InChI=1S/C19H22BrN3O3S/c20-17-7-3-4-8-18(17)22-27(25,26)16-11-9-15(10-12-16)21-19(24)23-13-5-1-2-6-14-23/h3-4,7-12,22H,1-2,5-6,13-14H2,(H,21,24). The first kappa shape index (κ1) is 19.7. The largest absolute Gasteiger partial charge is 0.325 e. The van der Waals surface area contributed by atoms with Crippen LogP contribution < -0.4 is 10.0 Å². The average molecular weight is 452 g/mol. The second-order valence-electron chi connectivity index (χ2n) is 6.44. The Hall–Kier alpha value is -2.06. The van der Waals surface area contributed by atoms with E-state index in [0.29, 0.717) is 15.8 Å². The summed E-state index contributed by atoms with van der Waals surface area (Å²) >= 11 is 3.32. The molecule has 3 rings (SSSR count). The Morgan fingerprint density at radius 1 is 0.926 bits per heavy atom. The SMILES string of the molecule is O=C(Nc1ccc(S(=O)(=O)Nc2ccccc2Br)cc1)N1CCCCCC1. The van der Waals surface area contributed by atoms with Crippen LogP contribution in [0.5, 0.6) is 0 Å². The fourth-order valence-corrected chi connectivity index (χ4v) is 4.54. The Kier molecular flexibility index (Phi) is 6.38. The molecular formula is C19H22BrN3O3S. The number of para-hydroxylation sites is 1. The van der Waals surface area contributed by atoms with Gasteiger partial charge in [0.25, 0.3) is 10.0 Å². The van der Waals surface area contributed by atoms with Gasteiger partial charge in [-0.15, -0.1) is 0 Å². The molecule has 2 amide bonds. The second kappa shape index (κ2) is 8.75. The topological polar surface area (TPSA) is 78.5 Å². The lowest BCUT2D eigenvalue weighted by Gasteiger charge is -2.20. The molecule has 1 saturated heterocycles. The molecule has 0 aromatic heterocycles. The van der Waals surface area contributed by atoms with Gasteiger partial charge in [0.05, 0.1) is 10.6 Å². The number of sulfonamides is 1. The highest BCUT2D eigenvalue weighted by molar-refractivity contribution is 9.10. The molecule has 2 aromatic rings. The number of hydrogen-bond donors (Lipinski definition) is 2. The molecule has 6 nitrogen and oxygen atoms in total.